The molecule has 1 aliphatic carbocycles. The fourth-order valence-electron chi connectivity index (χ4n) is 1.21. The first kappa shape index (κ1) is 11.0. The zero-order valence-corrected chi connectivity index (χ0v) is 8.71. The van der Waals surface area contributed by atoms with E-state index in [1.165, 1.54) is 0 Å². The van der Waals surface area contributed by atoms with E-state index in [-0.39, 0.29) is 11.9 Å². The summed E-state index contributed by atoms with van der Waals surface area (Å²) in [5.41, 5.74) is 0. The summed E-state index contributed by atoms with van der Waals surface area (Å²) in [6, 6.07) is -0.527. The van der Waals surface area contributed by atoms with Crippen LogP contribution in [-0.4, -0.2) is 24.5 Å². The Morgan fingerprint density at radius 2 is 2.14 bits per heavy atom. The second-order valence-electron chi connectivity index (χ2n) is 3.69. The van der Waals surface area contributed by atoms with Crippen LogP contribution in [0.25, 0.3) is 0 Å². The number of carbonyl (C=O) groups excluding carboxylic acids is 2. The van der Waals surface area contributed by atoms with E-state index in [9.17, 15) is 9.59 Å². The first-order valence-corrected chi connectivity index (χ1v) is 5.09. The maximum Gasteiger partial charge on any atom is 0.328 e. The van der Waals surface area contributed by atoms with Gasteiger partial charge in [-0.2, -0.15) is 0 Å². The predicted molar refractivity (Wildman–Crippen MR) is 51.6 cm³/mol. The van der Waals surface area contributed by atoms with Gasteiger partial charge in [0.1, 0.15) is 6.04 Å². The van der Waals surface area contributed by atoms with Crippen molar-refractivity contribution in [3.63, 3.8) is 0 Å². The lowest BCUT2D eigenvalue weighted by Gasteiger charge is -2.12. The molecule has 1 fully saturated rings. The number of rotatable bonds is 5. The molecule has 1 N–H and O–H groups in total. The van der Waals surface area contributed by atoms with Gasteiger partial charge in [-0.1, -0.05) is 0 Å². The minimum atomic E-state index is -0.527. The molecule has 14 heavy (non-hydrogen) atoms. The molecule has 1 saturated carbocycles. The molecule has 1 amide bonds. The summed E-state index contributed by atoms with van der Waals surface area (Å²) in [5.74, 6) is 0.133. The molecule has 0 aromatic rings. The number of ether oxygens (including phenoxy) is 1. The highest BCUT2D eigenvalue weighted by Crippen LogP contribution is 2.32. The average Bonchev–Trinajstić information content (AvgIpc) is 2.88. The lowest BCUT2D eigenvalue weighted by Crippen LogP contribution is -2.39. The summed E-state index contributed by atoms with van der Waals surface area (Å²) in [6.07, 6.45) is 2.83. The van der Waals surface area contributed by atoms with Gasteiger partial charge in [0, 0.05) is 6.42 Å². The monoisotopic (exact) mass is 199 g/mol. The Hall–Kier alpha value is -1.06. The van der Waals surface area contributed by atoms with Gasteiger partial charge < -0.3 is 10.1 Å². The highest BCUT2D eigenvalue weighted by atomic mass is 16.5. The van der Waals surface area contributed by atoms with Gasteiger partial charge in [0.15, 0.2) is 0 Å². The summed E-state index contributed by atoms with van der Waals surface area (Å²) < 4.78 is 4.77. The second-order valence-corrected chi connectivity index (χ2v) is 3.69. The summed E-state index contributed by atoms with van der Waals surface area (Å²) in [4.78, 5) is 22.4. The van der Waals surface area contributed by atoms with Crippen LogP contribution >= 0.6 is 0 Å². The van der Waals surface area contributed by atoms with Gasteiger partial charge in [-0.15, -0.1) is 0 Å². The SMILES string of the molecule is CCOC(=O)C(C)NC(=O)CC1CC1. The minimum absolute atomic E-state index is 0.0481. The second kappa shape index (κ2) is 4.98. The molecule has 0 aromatic carbocycles. The van der Waals surface area contributed by atoms with Gasteiger partial charge in [0.25, 0.3) is 0 Å². The Morgan fingerprint density at radius 3 is 2.64 bits per heavy atom. The van der Waals surface area contributed by atoms with Crippen molar-refractivity contribution in [1.29, 1.82) is 0 Å². The molecule has 1 unspecified atom stereocenters. The molecule has 0 heterocycles. The molecule has 0 bridgehead atoms. The van der Waals surface area contributed by atoms with Crippen molar-refractivity contribution in [2.45, 2.75) is 39.2 Å². The van der Waals surface area contributed by atoms with Gasteiger partial charge in [-0.25, -0.2) is 4.79 Å². The van der Waals surface area contributed by atoms with Crippen molar-refractivity contribution in [3.8, 4) is 0 Å². The number of hydrogen-bond donors (Lipinski definition) is 1. The number of nitrogens with one attached hydrogen (secondary N) is 1. The Kier molecular flexibility index (Phi) is 3.92. The highest BCUT2D eigenvalue weighted by molar-refractivity contribution is 5.84. The van der Waals surface area contributed by atoms with E-state index >= 15 is 0 Å². The van der Waals surface area contributed by atoms with Gasteiger partial charge in [-0.3, -0.25) is 4.79 Å². The van der Waals surface area contributed by atoms with E-state index in [1.807, 2.05) is 0 Å². The normalized spacial score (nSPS) is 17.3. The van der Waals surface area contributed by atoms with Crippen molar-refractivity contribution in [3.05, 3.63) is 0 Å². The molecule has 0 saturated heterocycles. The lowest BCUT2D eigenvalue weighted by atomic mass is 10.2. The number of hydrogen-bond acceptors (Lipinski definition) is 3. The third kappa shape index (κ3) is 3.77. The van der Waals surface area contributed by atoms with E-state index in [4.69, 9.17) is 4.74 Å². The molecule has 0 aromatic heterocycles. The van der Waals surface area contributed by atoms with Crippen LogP contribution in [0, 0.1) is 5.92 Å². The van der Waals surface area contributed by atoms with Crippen LogP contribution in [0.2, 0.25) is 0 Å². The van der Waals surface area contributed by atoms with Crippen LogP contribution in [0.1, 0.15) is 33.1 Å². The van der Waals surface area contributed by atoms with Crippen LogP contribution in [0.4, 0.5) is 0 Å². The molecule has 1 aliphatic rings. The summed E-state index contributed by atoms with van der Waals surface area (Å²) >= 11 is 0. The molecule has 4 nitrogen and oxygen atoms in total. The summed E-state index contributed by atoms with van der Waals surface area (Å²) in [7, 11) is 0. The van der Waals surface area contributed by atoms with E-state index in [2.05, 4.69) is 5.32 Å². The standard InChI is InChI=1S/C10H17NO3/c1-3-14-10(13)7(2)11-9(12)6-8-4-5-8/h7-8H,3-6H2,1-2H3,(H,11,12). The molecule has 0 aliphatic heterocycles. The van der Waals surface area contributed by atoms with E-state index < -0.39 is 6.04 Å². The minimum Gasteiger partial charge on any atom is -0.464 e. The molecular formula is C10H17NO3. The highest BCUT2D eigenvalue weighted by Gasteiger charge is 2.26. The van der Waals surface area contributed by atoms with Crippen molar-refractivity contribution in [2.24, 2.45) is 5.92 Å². The fraction of sp³-hybridized carbons (Fsp3) is 0.800. The first-order chi connectivity index (χ1) is 6.63. The van der Waals surface area contributed by atoms with Crippen LogP contribution in [0.5, 0.6) is 0 Å². The maximum absolute atomic E-state index is 11.3. The Morgan fingerprint density at radius 1 is 1.50 bits per heavy atom. The van der Waals surface area contributed by atoms with Crippen LogP contribution in [0.15, 0.2) is 0 Å². The van der Waals surface area contributed by atoms with E-state index in [0.717, 1.165) is 12.8 Å². The zero-order valence-electron chi connectivity index (χ0n) is 8.71. The van der Waals surface area contributed by atoms with Gasteiger partial charge in [0.2, 0.25) is 5.91 Å². The maximum atomic E-state index is 11.3. The Balaban J connectivity index is 2.20. The molecule has 0 spiro atoms. The van der Waals surface area contributed by atoms with E-state index in [0.29, 0.717) is 18.9 Å². The molecular weight excluding hydrogens is 182 g/mol. The van der Waals surface area contributed by atoms with Crippen LogP contribution in [-0.2, 0) is 14.3 Å². The van der Waals surface area contributed by atoms with Crippen molar-refractivity contribution in [1.82, 2.24) is 5.32 Å². The topological polar surface area (TPSA) is 55.4 Å². The lowest BCUT2D eigenvalue weighted by molar-refractivity contribution is -0.146. The van der Waals surface area contributed by atoms with Crippen LogP contribution < -0.4 is 5.32 Å². The smallest absolute Gasteiger partial charge is 0.328 e. The number of esters is 1. The predicted octanol–water partition coefficient (Wildman–Crippen LogP) is 0.854. The average molecular weight is 199 g/mol. The summed E-state index contributed by atoms with van der Waals surface area (Å²) in [6.45, 7) is 3.74. The van der Waals surface area contributed by atoms with Gasteiger partial charge in [-0.05, 0) is 32.6 Å². The third-order valence-corrected chi connectivity index (χ3v) is 2.19. The van der Waals surface area contributed by atoms with Crippen molar-refractivity contribution >= 4 is 11.9 Å². The fourth-order valence-corrected chi connectivity index (χ4v) is 1.21. The molecule has 80 valence electrons. The Bertz CT molecular complexity index is 223. The quantitative estimate of drug-likeness (QED) is 0.668. The largest absolute Gasteiger partial charge is 0.464 e. The van der Waals surface area contributed by atoms with Crippen molar-refractivity contribution in [2.75, 3.05) is 6.61 Å². The van der Waals surface area contributed by atoms with Gasteiger partial charge >= 0.3 is 5.97 Å². The van der Waals surface area contributed by atoms with Crippen LogP contribution in [0.3, 0.4) is 0 Å². The first-order valence-electron chi connectivity index (χ1n) is 5.09. The molecule has 1 rings (SSSR count). The van der Waals surface area contributed by atoms with Crippen molar-refractivity contribution < 1.29 is 14.3 Å². The van der Waals surface area contributed by atoms with Gasteiger partial charge in [0.05, 0.1) is 6.61 Å². The Labute approximate surface area is 84.0 Å². The van der Waals surface area contributed by atoms with E-state index in [1.54, 1.807) is 13.8 Å². The third-order valence-electron chi connectivity index (χ3n) is 2.19. The molecule has 0 radical (unpaired) electrons. The number of carbonyl (C=O) groups is 2. The number of amides is 1. The molecule has 4 heteroatoms. The zero-order chi connectivity index (χ0) is 10.6. The molecule has 1 atom stereocenters. The summed E-state index contributed by atoms with van der Waals surface area (Å²) in [5, 5.41) is 2.62.